The van der Waals surface area contributed by atoms with Gasteiger partial charge in [0, 0.05) is 13.0 Å². The molecule has 6 heteroatoms. The smallest absolute Gasteiger partial charge is 0.323 e. The van der Waals surface area contributed by atoms with E-state index in [1.54, 1.807) is 6.92 Å². The lowest BCUT2D eigenvalue weighted by molar-refractivity contribution is -0.144. The second-order valence-electron chi connectivity index (χ2n) is 4.99. The second-order valence-corrected chi connectivity index (χ2v) is 4.99. The third kappa shape index (κ3) is 2.38. The molecule has 0 radical (unpaired) electrons. The van der Waals surface area contributed by atoms with Crippen molar-refractivity contribution in [3.8, 4) is 0 Å². The molecular weight excluding hydrogens is 232 g/mol. The Kier molecular flexibility index (Phi) is 3.65. The van der Waals surface area contributed by atoms with E-state index in [4.69, 9.17) is 0 Å². The summed E-state index contributed by atoms with van der Waals surface area (Å²) in [6.07, 6.45) is 3.80. The van der Waals surface area contributed by atoms with E-state index < -0.39 is 11.5 Å². The van der Waals surface area contributed by atoms with E-state index in [9.17, 15) is 9.90 Å². The fourth-order valence-corrected chi connectivity index (χ4v) is 2.13. The standard InChI is InChI=1S/C12H20N4O2/c1-3-12(2,11(17)18)13-8-10-15-14-9-6-4-5-7-16(9)10/h13H,3-8H2,1-2H3,(H,17,18). The van der Waals surface area contributed by atoms with Gasteiger partial charge in [0.15, 0.2) is 0 Å². The average molecular weight is 252 g/mol. The molecule has 0 saturated heterocycles. The quantitative estimate of drug-likeness (QED) is 0.815. The van der Waals surface area contributed by atoms with Crippen molar-refractivity contribution in [2.24, 2.45) is 0 Å². The van der Waals surface area contributed by atoms with Gasteiger partial charge in [0.1, 0.15) is 17.2 Å². The molecule has 1 unspecified atom stereocenters. The Balaban J connectivity index is 2.06. The van der Waals surface area contributed by atoms with Crippen molar-refractivity contribution in [2.45, 2.75) is 58.2 Å². The zero-order valence-electron chi connectivity index (χ0n) is 10.9. The van der Waals surface area contributed by atoms with Crippen molar-refractivity contribution in [3.63, 3.8) is 0 Å². The number of nitrogens with zero attached hydrogens (tertiary/aromatic N) is 3. The van der Waals surface area contributed by atoms with Gasteiger partial charge in [0.25, 0.3) is 0 Å². The van der Waals surface area contributed by atoms with E-state index in [-0.39, 0.29) is 0 Å². The van der Waals surface area contributed by atoms with Crippen LogP contribution in [0.1, 0.15) is 44.8 Å². The third-order valence-corrected chi connectivity index (χ3v) is 3.75. The molecule has 0 amide bonds. The minimum atomic E-state index is -0.902. The monoisotopic (exact) mass is 252 g/mol. The molecule has 1 aliphatic heterocycles. The molecule has 0 fully saturated rings. The molecule has 2 N–H and O–H groups in total. The lowest BCUT2D eigenvalue weighted by atomic mass is 9.99. The molecule has 1 aromatic heterocycles. The van der Waals surface area contributed by atoms with Crippen LogP contribution in [0.2, 0.25) is 0 Å². The number of carboxylic acid groups (broad SMARTS) is 1. The summed E-state index contributed by atoms with van der Waals surface area (Å²) in [6, 6.07) is 0. The van der Waals surface area contributed by atoms with E-state index in [0.717, 1.165) is 37.5 Å². The van der Waals surface area contributed by atoms with E-state index in [1.807, 2.05) is 6.92 Å². The predicted octanol–water partition coefficient (Wildman–Crippen LogP) is 0.957. The maximum Gasteiger partial charge on any atom is 0.323 e. The molecule has 2 rings (SSSR count). The first-order chi connectivity index (χ1) is 8.57. The first kappa shape index (κ1) is 13.0. The highest BCUT2D eigenvalue weighted by molar-refractivity contribution is 5.78. The lowest BCUT2D eigenvalue weighted by Gasteiger charge is -2.24. The number of hydrogen-bond donors (Lipinski definition) is 2. The molecule has 100 valence electrons. The van der Waals surface area contributed by atoms with Crippen molar-refractivity contribution >= 4 is 5.97 Å². The number of rotatable bonds is 5. The fourth-order valence-electron chi connectivity index (χ4n) is 2.13. The summed E-state index contributed by atoms with van der Waals surface area (Å²) in [7, 11) is 0. The Labute approximate surface area is 106 Å². The number of nitrogens with one attached hydrogen (secondary N) is 1. The number of fused-ring (bicyclic) bond motifs is 1. The van der Waals surface area contributed by atoms with E-state index in [1.165, 1.54) is 0 Å². The van der Waals surface area contributed by atoms with Crippen molar-refractivity contribution in [2.75, 3.05) is 0 Å². The molecule has 18 heavy (non-hydrogen) atoms. The maximum atomic E-state index is 11.2. The summed E-state index contributed by atoms with van der Waals surface area (Å²) in [5, 5.41) is 20.6. The molecule has 2 heterocycles. The number of carboxylic acids is 1. The van der Waals surface area contributed by atoms with Crippen LogP contribution in [-0.2, 0) is 24.3 Å². The van der Waals surface area contributed by atoms with Gasteiger partial charge in [-0.05, 0) is 26.2 Å². The van der Waals surface area contributed by atoms with Crippen LogP contribution in [0.3, 0.4) is 0 Å². The van der Waals surface area contributed by atoms with Crippen LogP contribution in [0, 0.1) is 0 Å². The highest BCUT2D eigenvalue weighted by Crippen LogP contribution is 2.15. The summed E-state index contributed by atoms with van der Waals surface area (Å²) in [4.78, 5) is 11.2. The average Bonchev–Trinajstić information content (AvgIpc) is 2.79. The summed E-state index contributed by atoms with van der Waals surface area (Å²) in [6.45, 7) is 4.95. The van der Waals surface area contributed by atoms with Crippen LogP contribution in [-0.4, -0.2) is 31.4 Å². The Bertz CT molecular complexity index is 443. The van der Waals surface area contributed by atoms with Gasteiger partial charge in [-0.3, -0.25) is 10.1 Å². The van der Waals surface area contributed by atoms with Gasteiger partial charge < -0.3 is 9.67 Å². The van der Waals surface area contributed by atoms with Gasteiger partial charge in [-0.1, -0.05) is 6.92 Å². The van der Waals surface area contributed by atoms with Crippen LogP contribution in [0.5, 0.6) is 0 Å². The van der Waals surface area contributed by atoms with Crippen LogP contribution in [0.4, 0.5) is 0 Å². The molecule has 1 atom stereocenters. The Morgan fingerprint density at radius 1 is 1.50 bits per heavy atom. The Morgan fingerprint density at radius 3 is 2.94 bits per heavy atom. The highest BCUT2D eigenvalue weighted by atomic mass is 16.4. The molecule has 0 aromatic carbocycles. The van der Waals surface area contributed by atoms with E-state index >= 15 is 0 Å². The number of aromatic nitrogens is 3. The van der Waals surface area contributed by atoms with Crippen LogP contribution < -0.4 is 5.32 Å². The van der Waals surface area contributed by atoms with Crippen LogP contribution in [0.25, 0.3) is 0 Å². The molecule has 0 saturated carbocycles. The predicted molar refractivity (Wildman–Crippen MR) is 66.1 cm³/mol. The van der Waals surface area contributed by atoms with Crippen LogP contribution >= 0.6 is 0 Å². The minimum absolute atomic E-state index is 0.448. The third-order valence-electron chi connectivity index (χ3n) is 3.75. The summed E-state index contributed by atoms with van der Waals surface area (Å²) >= 11 is 0. The zero-order chi connectivity index (χ0) is 13.2. The van der Waals surface area contributed by atoms with Crippen molar-refractivity contribution in [1.29, 1.82) is 0 Å². The molecular formula is C12H20N4O2. The Hall–Kier alpha value is -1.43. The largest absolute Gasteiger partial charge is 0.480 e. The topological polar surface area (TPSA) is 80.0 Å². The van der Waals surface area contributed by atoms with Gasteiger partial charge in [-0.15, -0.1) is 10.2 Å². The number of carbonyl (C=O) groups is 1. The Morgan fingerprint density at radius 2 is 2.28 bits per heavy atom. The normalized spacial score (nSPS) is 18.1. The number of hydrogen-bond acceptors (Lipinski definition) is 4. The fraction of sp³-hybridized carbons (Fsp3) is 0.750. The molecule has 0 bridgehead atoms. The first-order valence-corrected chi connectivity index (χ1v) is 6.46. The molecule has 1 aliphatic rings. The molecule has 0 aliphatic carbocycles. The number of aliphatic carboxylic acids is 1. The summed E-state index contributed by atoms with van der Waals surface area (Å²) < 4.78 is 2.11. The van der Waals surface area contributed by atoms with E-state index in [2.05, 4.69) is 20.1 Å². The second kappa shape index (κ2) is 5.06. The van der Waals surface area contributed by atoms with Crippen molar-refractivity contribution in [3.05, 3.63) is 11.6 Å². The van der Waals surface area contributed by atoms with Gasteiger partial charge >= 0.3 is 5.97 Å². The van der Waals surface area contributed by atoms with Crippen LogP contribution in [0.15, 0.2) is 0 Å². The van der Waals surface area contributed by atoms with Crippen molar-refractivity contribution in [1.82, 2.24) is 20.1 Å². The lowest BCUT2D eigenvalue weighted by Crippen LogP contribution is -2.48. The molecule has 6 nitrogen and oxygen atoms in total. The van der Waals surface area contributed by atoms with Gasteiger partial charge in [0.2, 0.25) is 0 Å². The van der Waals surface area contributed by atoms with Crippen molar-refractivity contribution < 1.29 is 9.90 Å². The summed E-state index contributed by atoms with van der Waals surface area (Å²) in [5.74, 6) is 1.03. The molecule has 1 aromatic rings. The maximum absolute atomic E-state index is 11.2. The number of aryl methyl sites for hydroxylation is 1. The molecule has 0 spiro atoms. The van der Waals surface area contributed by atoms with Gasteiger partial charge in [0.05, 0.1) is 6.54 Å². The van der Waals surface area contributed by atoms with E-state index in [0.29, 0.717) is 13.0 Å². The highest BCUT2D eigenvalue weighted by Gasteiger charge is 2.31. The summed E-state index contributed by atoms with van der Waals surface area (Å²) in [5.41, 5.74) is -0.902. The zero-order valence-corrected chi connectivity index (χ0v) is 10.9. The van der Waals surface area contributed by atoms with Gasteiger partial charge in [-0.25, -0.2) is 0 Å². The van der Waals surface area contributed by atoms with Gasteiger partial charge in [-0.2, -0.15) is 0 Å². The first-order valence-electron chi connectivity index (χ1n) is 6.46. The minimum Gasteiger partial charge on any atom is -0.480 e. The SMILES string of the molecule is CCC(C)(NCc1nnc2n1CCCC2)C(=O)O.